The molecule has 10 heteroatoms. The van der Waals surface area contributed by atoms with E-state index in [0.29, 0.717) is 5.76 Å². The van der Waals surface area contributed by atoms with Crippen molar-refractivity contribution in [3.05, 3.63) is 36.1 Å². The molecule has 0 unspecified atom stereocenters. The number of rotatable bonds is 4. The maximum Gasteiger partial charge on any atom is 0.573 e. The third kappa shape index (κ3) is 4.12. The number of halogens is 3. The number of ether oxygens (including phenoxy) is 1. The van der Waals surface area contributed by atoms with E-state index in [9.17, 15) is 21.6 Å². The predicted molar refractivity (Wildman–Crippen MR) is 65.2 cm³/mol. The monoisotopic (exact) mass is 322 g/mol. The van der Waals surface area contributed by atoms with E-state index < -0.39 is 27.0 Å². The van der Waals surface area contributed by atoms with Crippen molar-refractivity contribution in [1.29, 1.82) is 0 Å². The number of hydrogen-bond donors (Lipinski definition) is 1. The molecule has 1 aromatic carbocycles. The number of alkyl halides is 3. The van der Waals surface area contributed by atoms with Crippen molar-refractivity contribution in [3.63, 3.8) is 0 Å². The summed E-state index contributed by atoms with van der Waals surface area (Å²) in [5, 5.41) is 3.43. The van der Waals surface area contributed by atoms with Crippen LogP contribution in [-0.2, 0) is 10.0 Å². The molecule has 2 aromatic rings. The minimum absolute atomic E-state index is 0.0744. The van der Waals surface area contributed by atoms with E-state index in [2.05, 4.69) is 19.1 Å². The van der Waals surface area contributed by atoms with Gasteiger partial charge in [0.25, 0.3) is 10.0 Å². The number of aryl methyl sites for hydroxylation is 1. The molecule has 0 aliphatic carbocycles. The molecule has 1 N–H and O–H groups in total. The minimum atomic E-state index is -4.90. The quantitative estimate of drug-likeness (QED) is 0.936. The lowest BCUT2D eigenvalue weighted by molar-refractivity contribution is -0.274. The number of nitrogens with one attached hydrogen (secondary N) is 1. The summed E-state index contributed by atoms with van der Waals surface area (Å²) < 4.78 is 70.8. The Balaban J connectivity index is 2.26. The van der Waals surface area contributed by atoms with Crippen LogP contribution in [0.15, 0.2) is 39.8 Å². The molecule has 0 saturated carbocycles. The first-order valence-electron chi connectivity index (χ1n) is 5.48. The summed E-state index contributed by atoms with van der Waals surface area (Å²) in [5.74, 6) is -0.335. The molecular formula is C11H9F3N2O4S. The van der Waals surface area contributed by atoms with Gasteiger partial charge in [0.2, 0.25) is 0 Å². The van der Waals surface area contributed by atoms with Gasteiger partial charge in [0.15, 0.2) is 5.82 Å². The van der Waals surface area contributed by atoms with E-state index in [0.717, 1.165) is 24.3 Å². The fraction of sp³-hybridized carbons (Fsp3) is 0.182. The Morgan fingerprint density at radius 3 is 2.57 bits per heavy atom. The molecule has 21 heavy (non-hydrogen) atoms. The fourth-order valence-corrected chi connectivity index (χ4v) is 2.47. The third-order valence-corrected chi connectivity index (χ3v) is 3.57. The second-order valence-electron chi connectivity index (χ2n) is 3.95. The van der Waals surface area contributed by atoms with Gasteiger partial charge in [0.05, 0.1) is 4.90 Å². The summed E-state index contributed by atoms with van der Waals surface area (Å²) >= 11 is 0. The number of nitrogens with zero attached hydrogens (tertiary/aromatic N) is 1. The first-order chi connectivity index (χ1) is 9.66. The molecule has 0 radical (unpaired) electrons. The molecule has 0 aliphatic rings. The standard InChI is InChI=1S/C11H9F3N2O4S/c1-7-5-10(15-20-7)16-21(17,18)9-4-2-3-8(6-9)19-11(12,13)14/h2-6H,1H3,(H,15,16). The van der Waals surface area contributed by atoms with Crippen LogP contribution in [0.5, 0.6) is 5.75 Å². The Hall–Kier alpha value is -2.23. The summed E-state index contributed by atoms with van der Waals surface area (Å²) in [6.45, 7) is 1.56. The van der Waals surface area contributed by atoms with Crippen molar-refractivity contribution < 1.29 is 30.8 Å². The van der Waals surface area contributed by atoms with Crippen molar-refractivity contribution in [2.75, 3.05) is 4.72 Å². The number of hydrogen-bond acceptors (Lipinski definition) is 5. The lowest BCUT2D eigenvalue weighted by atomic mass is 10.3. The van der Waals surface area contributed by atoms with E-state index in [-0.39, 0.29) is 5.82 Å². The molecule has 1 aromatic heterocycles. The van der Waals surface area contributed by atoms with Crippen molar-refractivity contribution in [2.45, 2.75) is 18.2 Å². The largest absolute Gasteiger partial charge is 0.573 e. The Morgan fingerprint density at radius 2 is 2.00 bits per heavy atom. The molecule has 0 atom stereocenters. The van der Waals surface area contributed by atoms with Gasteiger partial charge < -0.3 is 9.26 Å². The Morgan fingerprint density at radius 1 is 1.29 bits per heavy atom. The highest BCUT2D eigenvalue weighted by Crippen LogP contribution is 2.25. The van der Waals surface area contributed by atoms with Gasteiger partial charge in [-0.1, -0.05) is 11.2 Å². The van der Waals surface area contributed by atoms with Gasteiger partial charge >= 0.3 is 6.36 Å². The van der Waals surface area contributed by atoms with Crippen LogP contribution in [0, 0.1) is 6.92 Å². The molecule has 0 saturated heterocycles. The van der Waals surface area contributed by atoms with E-state index in [4.69, 9.17) is 0 Å². The average Bonchev–Trinajstić information content (AvgIpc) is 2.72. The smallest absolute Gasteiger partial charge is 0.406 e. The molecule has 1 heterocycles. The Labute approximate surface area is 117 Å². The number of anilines is 1. The molecule has 0 spiro atoms. The second-order valence-corrected chi connectivity index (χ2v) is 5.63. The molecule has 114 valence electrons. The Bertz CT molecular complexity index is 740. The second kappa shape index (κ2) is 5.28. The van der Waals surface area contributed by atoms with Gasteiger partial charge in [-0.15, -0.1) is 13.2 Å². The minimum Gasteiger partial charge on any atom is -0.406 e. The van der Waals surface area contributed by atoms with Gasteiger partial charge in [0.1, 0.15) is 11.5 Å². The van der Waals surface area contributed by atoms with Crippen LogP contribution >= 0.6 is 0 Å². The fourth-order valence-electron chi connectivity index (χ4n) is 1.45. The zero-order valence-corrected chi connectivity index (χ0v) is 11.3. The Kier molecular flexibility index (Phi) is 3.81. The van der Waals surface area contributed by atoms with Crippen LogP contribution in [0.4, 0.5) is 19.0 Å². The summed E-state index contributed by atoms with van der Waals surface area (Å²) in [6, 6.07) is 5.32. The van der Waals surface area contributed by atoms with E-state index >= 15 is 0 Å². The summed E-state index contributed by atoms with van der Waals surface area (Å²) in [5.41, 5.74) is 0. The topological polar surface area (TPSA) is 81.4 Å². The lowest BCUT2D eigenvalue weighted by Gasteiger charge is -2.10. The van der Waals surface area contributed by atoms with Crippen molar-refractivity contribution in [2.24, 2.45) is 0 Å². The maximum atomic E-state index is 12.1. The van der Waals surface area contributed by atoms with Gasteiger partial charge in [-0.25, -0.2) is 8.42 Å². The normalized spacial score (nSPS) is 12.2. The zero-order valence-electron chi connectivity index (χ0n) is 10.5. The highest BCUT2D eigenvalue weighted by Gasteiger charge is 2.31. The summed E-state index contributed by atoms with van der Waals surface area (Å²) in [6.07, 6.45) is -4.90. The lowest BCUT2D eigenvalue weighted by Crippen LogP contribution is -2.18. The number of sulfonamides is 1. The first kappa shape index (κ1) is 15.2. The maximum absolute atomic E-state index is 12.1. The van der Waals surface area contributed by atoms with Gasteiger partial charge in [-0.2, -0.15) is 0 Å². The molecular weight excluding hydrogens is 313 g/mol. The van der Waals surface area contributed by atoms with Crippen molar-refractivity contribution in [1.82, 2.24) is 5.16 Å². The van der Waals surface area contributed by atoms with Crippen molar-refractivity contribution >= 4 is 15.8 Å². The van der Waals surface area contributed by atoms with E-state index in [1.165, 1.54) is 6.07 Å². The van der Waals surface area contributed by atoms with Gasteiger partial charge in [-0.05, 0) is 19.1 Å². The van der Waals surface area contributed by atoms with Crippen LogP contribution in [0.1, 0.15) is 5.76 Å². The first-order valence-corrected chi connectivity index (χ1v) is 6.96. The van der Waals surface area contributed by atoms with Crippen molar-refractivity contribution in [3.8, 4) is 5.75 Å². The molecule has 6 nitrogen and oxygen atoms in total. The molecule has 0 amide bonds. The van der Waals surface area contributed by atoms with Gasteiger partial charge in [0, 0.05) is 12.1 Å². The summed E-state index contributed by atoms with van der Waals surface area (Å²) in [4.78, 5) is -0.398. The highest BCUT2D eigenvalue weighted by molar-refractivity contribution is 7.92. The molecule has 0 aliphatic heterocycles. The molecule has 2 rings (SSSR count). The SMILES string of the molecule is Cc1cc(NS(=O)(=O)c2cccc(OC(F)(F)F)c2)no1. The van der Waals surface area contributed by atoms with Crippen LogP contribution in [0.3, 0.4) is 0 Å². The van der Waals surface area contributed by atoms with Crippen LogP contribution in [-0.4, -0.2) is 19.9 Å². The summed E-state index contributed by atoms with van der Waals surface area (Å²) in [7, 11) is -4.10. The van der Waals surface area contributed by atoms with E-state index in [1.807, 2.05) is 0 Å². The molecule has 0 fully saturated rings. The highest BCUT2D eigenvalue weighted by atomic mass is 32.2. The van der Waals surface area contributed by atoms with Crippen LogP contribution in [0.25, 0.3) is 0 Å². The molecule has 0 bridgehead atoms. The van der Waals surface area contributed by atoms with Gasteiger partial charge in [-0.3, -0.25) is 4.72 Å². The van der Waals surface area contributed by atoms with Crippen LogP contribution < -0.4 is 9.46 Å². The average molecular weight is 322 g/mol. The van der Waals surface area contributed by atoms with E-state index in [1.54, 1.807) is 6.92 Å². The zero-order chi connectivity index (χ0) is 15.7. The number of aromatic nitrogens is 1. The van der Waals surface area contributed by atoms with Crippen LogP contribution in [0.2, 0.25) is 0 Å². The third-order valence-electron chi connectivity index (χ3n) is 2.22. The predicted octanol–water partition coefficient (Wildman–Crippen LogP) is 2.68. The number of benzene rings is 1.